The maximum absolute atomic E-state index is 12.3. The van der Waals surface area contributed by atoms with Gasteiger partial charge in [0.25, 0.3) is 0 Å². The molecule has 0 amide bonds. The van der Waals surface area contributed by atoms with Gasteiger partial charge in [-0.25, -0.2) is 9.79 Å². The molecule has 0 spiro atoms. The van der Waals surface area contributed by atoms with Crippen molar-refractivity contribution in [2.45, 2.75) is 51.9 Å². The van der Waals surface area contributed by atoms with E-state index in [1.54, 1.807) is 18.2 Å². The van der Waals surface area contributed by atoms with Gasteiger partial charge in [-0.05, 0) is 65.4 Å². The Balaban J connectivity index is 1.38. The molecule has 3 aromatic carbocycles. The smallest absolute Gasteiger partial charge is 0.363 e. The fourth-order valence-corrected chi connectivity index (χ4v) is 4.26. The van der Waals surface area contributed by atoms with E-state index in [0.29, 0.717) is 10.9 Å². The fourth-order valence-electron chi connectivity index (χ4n) is 4.07. The lowest BCUT2D eigenvalue weighted by Gasteiger charge is -2.06. The first-order valence-electron chi connectivity index (χ1n) is 12.1. The molecule has 174 valence electrons. The number of hydrogen-bond donors (Lipinski definition) is 0. The predicted octanol–water partition coefficient (Wildman–Crippen LogP) is 8.25. The third-order valence-corrected chi connectivity index (χ3v) is 6.25. The molecule has 0 aromatic heterocycles. The van der Waals surface area contributed by atoms with Crippen LogP contribution in [-0.4, -0.2) is 11.9 Å². The van der Waals surface area contributed by atoms with Gasteiger partial charge in [0.05, 0.1) is 0 Å². The van der Waals surface area contributed by atoms with E-state index < -0.39 is 5.97 Å². The second-order valence-electron chi connectivity index (χ2n) is 8.68. The first-order valence-corrected chi connectivity index (χ1v) is 12.5. The number of ether oxygens (including phenoxy) is 1. The second kappa shape index (κ2) is 11.8. The van der Waals surface area contributed by atoms with Crippen LogP contribution in [0.25, 0.3) is 17.2 Å². The largest absolute Gasteiger partial charge is 0.402 e. The summed E-state index contributed by atoms with van der Waals surface area (Å²) in [6, 6.07) is 24.0. The van der Waals surface area contributed by atoms with Gasteiger partial charge in [-0.15, -0.1) is 0 Å². The van der Waals surface area contributed by atoms with Crippen molar-refractivity contribution in [3.05, 3.63) is 100 Å². The molecular formula is C30H30ClNO2. The summed E-state index contributed by atoms with van der Waals surface area (Å²) < 4.78 is 5.40. The van der Waals surface area contributed by atoms with Crippen LogP contribution in [0.3, 0.4) is 0 Å². The van der Waals surface area contributed by atoms with Gasteiger partial charge in [-0.2, -0.15) is 0 Å². The maximum atomic E-state index is 12.3. The van der Waals surface area contributed by atoms with E-state index >= 15 is 0 Å². The van der Waals surface area contributed by atoms with E-state index in [2.05, 4.69) is 36.2 Å². The number of benzene rings is 3. The highest BCUT2D eigenvalue weighted by atomic mass is 35.5. The summed E-state index contributed by atoms with van der Waals surface area (Å²) in [6.07, 6.45) is 10.7. The average molecular weight is 472 g/mol. The van der Waals surface area contributed by atoms with Crippen LogP contribution in [0.15, 0.2) is 83.5 Å². The van der Waals surface area contributed by atoms with Gasteiger partial charge in [0, 0.05) is 10.6 Å². The summed E-state index contributed by atoms with van der Waals surface area (Å²) in [4.78, 5) is 16.7. The summed E-state index contributed by atoms with van der Waals surface area (Å²) in [7, 11) is 0. The molecule has 0 saturated carbocycles. The molecule has 3 aromatic rings. The molecule has 0 aliphatic carbocycles. The summed E-state index contributed by atoms with van der Waals surface area (Å²) in [5.74, 6) is -0.140. The van der Waals surface area contributed by atoms with E-state index in [9.17, 15) is 4.79 Å². The lowest BCUT2D eigenvalue weighted by atomic mass is 10.00. The molecule has 0 radical (unpaired) electrons. The number of hydrogen-bond acceptors (Lipinski definition) is 3. The number of esters is 1. The number of unbranched alkanes of at least 4 members (excludes halogenated alkanes) is 5. The predicted molar refractivity (Wildman–Crippen MR) is 141 cm³/mol. The molecule has 4 rings (SSSR count). The molecular weight excluding hydrogens is 442 g/mol. The first kappa shape index (κ1) is 24.0. The zero-order chi connectivity index (χ0) is 23.8. The Hall–Kier alpha value is -3.17. The van der Waals surface area contributed by atoms with Gasteiger partial charge in [-0.1, -0.05) is 99.2 Å². The third kappa shape index (κ3) is 6.45. The minimum atomic E-state index is -0.458. The molecule has 0 N–H and O–H groups in total. The topological polar surface area (TPSA) is 38.7 Å². The van der Waals surface area contributed by atoms with Crippen LogP contribution < -0.4 is 0 Å². The van der Waals surface area contributed by atoms with Crippen molar-refractivity contribution in [1.29, 1.82) is 0 Å². The molecule has 0 saturated heterocycles. The third-order valence-electron chi connectivity index (χ3n) is 6.01. The molecule has 0 bridgehead atoms. The minimum Gasteiger partial charge on any atom is -0.402 e. The molecule has 4 heteroatoms. The number of carbonyl (C=O) groups excluding carboxylic acids is 1. The Morgan fingerprint density at radius 3 is 2.18 bits per heavy atom. The molecule has 1 aliphatic heterocycles. The van der Waals surface area contributed by atoms with E-state index in [0.717, 1.165) is 23.1 Å². The normalized spacial score (nSPS) is 14.4. The van der Waals surface area contributed by atoms with Gasteiger partial charge < -0.3 is 4.74 Å². The Labute approximate surface area is 207 Å². The SMILES string of the molecule is CCCCCCCCc1ccc(-c2ccc(C3=NC(=Cc4cccc(Cl)c4)C(=O)O3)cc2)cc1. The molecule has 1 aliphatic rings. The lowest BCUT2D eigenvalue weighted by molar-refractivity contribution is -0.129. The number of cyclic esters (lactones) is 1. The number of aryl methyl sites for hydroxylation is 1. The van der Waals surface area contributed by atoms with Crippen molar-refractivity contribution in [3.63, 3.8) is 0 Å². The van der Waals surface area contributed by atoms with Crippen LogP contribution in [-0.2, 0) is 16.0 Å². The van der Waals surface area contributed by atoms with Crippen molar-refractivity contribution >= 4 is 29.5 Å². The van der Waals surface area contributed by atoms with Crippen LogP contribution in [0.5, 0.6) is 0 Å². The second-order valence-corrected chi connectivity index (χ2v) is 9.12. The number of nitrogens with zero attached hydrogens (tertiary/aromatic N) is 1. The van der Waals surface area contributed by atoms with Crippen molar-refractivity contribution < 1.29 is 9.53 Å². The van der Waals surface area contributed by atoms with Gasteiger partial charge in [0.15, 0.2) is 5.70 Å². The highest BCUT2D eigenvalue weighted by Crippen LogP contribution is 2.24. The summed E-state index contributed by atoms with van der Waals surface area (Å²) >= 11 is 6.03. The number of rotatable bonds is 10. The summed E-state index contributed by atoms with van der Waals surface area (Å²) in [5, 5.41) is 0.607. The molecule has 1 heterocycles. The van der Waals surface area contributed by atoms with E-state index in [4.69, 9.17) is 16.3 Å². The molecule has 0 fully saturated rings. The minimum absolute atomic E-state index is 0.266. The zero-order valence-electron chi connectivity index (χ0n) is 19.6. The van der Waals surface area contributed by atoms with Gasteiger partial charge in [-0.3, -0.25) is 0 Å². The standard InChI is InChI=1S/C30H30ClNO2/c1-2-3-4-5-6-7-9-22-12-14-24(15-13-22)25-16-18-26(19-17-25)29-32-28(30(33)34-29)21-23-10-8-11-27(31)20-23/h8,10-21H,2-7,9H2,1H3. The lowest BCUT2D eigenvalue weighted by Crippen LogP contribution is -2.05. The zero-order valence-corrected chi connectivity index (χ0v) is 20.4. The molecule has 0 atom stereocenters. The monoisotopic (exact) mass is 471 g/mol. The number of aliphatic imine (C=N–C) groups is 1. The highest BCUT2D eigenvalue weighted by Gasteiger charge is 2.24. The summed E-state index contributed by atoms with van der Waals surface area (Å²) in [6.45, 7) is 2.25. The Bertz CT molecular complexity index is 1180. The van der Waals surface area contributed by atoms with Gasteiger partial charge in [0.1, 0.15) is 0 Å². The highest BCUT2D eigenvalue weighted by molar-refractivity contribution is 6.30. The van der Waals surface area contributed by atoms with Crippen molar-refractivity contribution in [1.82, 2.24) is 0 Å². The van der Waals surface area contributed by atoms with E-state index in [-0.39, 0.29) is 5.70 Å². The molecule has 3 nitrogen and oxygen atoms in total. The van der Waals surface area contributed by atoms with E-state index in [1.807, 2.05) is 36.4 Å². The van der Waals surface area contributed by atoms with E-state index in [1.165, 1.54) is 49.7 Å². The van der Waals surface area contributed by atoms with Crippen LogP contribution in [0, 0.1) is 0 Å². The van der Waals surface area contributed by atoms with Gasteiger partial charge in [0.2, 0.25) is 5.90 Å². The Morgan fingerprint density at radius 2 is 1.47 bits per heavy atom. The van der Waals surface area contributed by atoms with Crippen molar-refractivity contribution in [2.24, 2.45) is 4.99 Å². The van der Waals surface area contributed by atoms with Gasteiger partial charge >= 0.3 is 5.97 Å². The van der Waals surface area contributed by atoms with Crippen LogP contribution in [0.1, 0.15) is 62.1 Å². The number of halogens is 1. The quantitative estimate of drug-likeness (QED) is 0.169. The summed E-state index contributed by atoms with van der Waals surface area (Å²) in [5.41, 5.74) is 5.52. The Kier molecular flexibility index (Phi) is 8.32. The van der Waals surface area contributed by atoms with Crippen LogP contribution in [0.4, 0.5) is 0 Å². The van der Waals surface area contributed by atoms with Crippen molar-refractivity contribution in [2.75, 3.05) is 0 Å². The molecule has 0 unspecified atom stereocenters. The Morgan fingerprint density at radius 1 is 0.824 bits per heavy atom. The van der Waals surface area contributed by atoms with Crippen LogP contribution >= 0.6 is 11.6 Å². The average Bonchev–Trinajstić information content (AvgIpc) is 3.22. The number of carbonyl (C=O) groups is 1. The first-order chi connectivity index (χ1) is 16.6. The fraction of sp³-hybridized carbons (Fsp3) is 0.267. The van der Waals surface area contributed by atoms with Crippen LogP contribution in [0.2, 0.25) is 5.02 Å². The maximum Gasteiger partial charge on any atom is 0.363 e. The molecule has 34 heavy (non-hydrogen) atoms. The van der Waals surface area contributed by atoms with Crippen molar-refractivity contribution in [3.8, 4) is 11.1 Å².